The van der Waals surface area contributed by atoms with E-state index >= 15 is 0 Å². The highest BCUT2D eigenvalue weighted by Crippen LogP contribution is 2.26. The zero-order valence-electron chi connectivity index (χ0n) is 10.7. The number of rotatable bonds is 3. The molecule has 0 bridgehead atoms. The second-order valence-electron chi connectivity index (χ2n) is 4.55. The van der Waals surface area contributed by atoms with Gasteiger partial charge in [0.15, 0.2) is 0 Å². The van der Waals surface area contributed by atoms with Gasteiger partial charge in [-0.25, -0.2) is 8.42 Å². The summed E-state index contributed by atoms with van der Waals surface area (Å²) < 4.78 is 31.6. The van der Waals surface area contributed by atoms with E-state index in [1.165, 1.54) is 22.5 Å². The smallest absolute Gasteiger partial charge is 0.243 e. The number of ether oxygens (including phenoxy) is 1. The fourth-order valence-corrected chi connectivity index (χ4v) is 3.77. The molecule has 0 unspecified atom stereocenters. The standard InChI is InChI=1S/C12H17ClN2O3S/c1-15(9-4-6-18-7-5-9)19(16,17)10-2-3-12(14)11(13)8-10/h2-3,8-9H,4-7,14H2,1H3. The number of hydrogen-bond acceptors (Lipinski definition) is 4. The average molecular weight is 305 g/mol. The number of nitrogen functional groups attached to an aromatic ring is 1. The second-order valence-corrected chi connectivity index (χ2v) is 6.95. The van der Waals surface area contributed by atoms with Crippen molar-refractivity contribution in [3.8, 4) is 0 Å². The first-order valence-electron chi connectivity index (χ1n) is 6.03. The van der Waals surface area contributed by atoms with Crippen molar-refractivity contribution in [2.24, 2.45) is 0 Å². The first-order valence-corrected chi connectivity index (χ1v) is 7.85. The molecule has 7 heteroatoms. The predicted octanol–water partition coefficient (Wildman–Crippen LogP) is 1.72. The zero-order chi connectivity index (χ0) is 14.0. The maximum absolute atomic E-state index is 12.5. The van der Waals surface area contributed by atoms with Gasteiger partial charge in [-0.1, -0.05) is 11.6 Å². The van der Waals surface area contributed by atoms with Crippen molar-refractivity contribution in [3.05, 3.63) is 23.2 Å². The minimum atomic E-state index is -3.54. The molecule has 1 saturated heterocycles. The highest BCUT2D eigenvalue weighted by molar-refractivity contribution is 7.89. The molecule has 106 valence electrons. The summed E-state index contributed by atoms with van der Waals surface area (Å²) >= 11 is 5.88. The first kappa shape index (κ1) is 14.6. The van der Waals surface area contributed by atoms with Gasteiger partial charge in [0.2, 0.25) is 10.0 Å². The Balaban J connectivity index is 2.27. The Morgan fingerprint density at radius 1 is 1.37 bits per heavy atom. The van der Waals surface area contributed by atoms with Crippen LogP contribution in [0.5, 0.6) is 0 Å². The first-order chi connectivity index (χ1) is 8.93. The molecule has 1 aromatic rings. The Labute approximate surface area is 118 Å². The SMILES string of the molecule is CN(C1CCOCC1)S(=O)(=O)c1ccc(N)c(Cl)c1. The lowest BCUT2D eigenvalue weighted by Gasteiger charge is -2.30. The van der Waals surface area contributed by atoms with Gasteiger partial charge in [-0.2, -0.15) is 4.31 Å². The molecule has 5 nitrogen and oxygen atoms in total. The Hall–Kier alpha value is -0.820. The van der Waals surface area contributed by atoms with Crippen LogP contribution in [0.15, 0.2) is 23.1 Å². The van der Waals surface area contributed by atoms with Crippen LogP contribution in [0.25, 0.3) is 0 Å². The Morgan fingerprint density at radius 2 is 2.00 bits per heavy atom. The van der Waals surface area contributed by atoms with Crippen LogP contribution in [-0.2, 0) is 14.8 Å². The molecule has 1 heterocycles. The number of nitrogens with zero attached hydrogens (tertiary/aromatic N) is 1. The van der Waals surface area contributed by atoms with Crippen molar-refractivity contribution < 1.29 is 13.2 Å². The number of benzene rings is 1. The molecule has 0 saturated carbocycles. The van der Waals surface area contributed by atoms with Crippen LogP contribution >= 0.6 is 11.6 Å². The third-order valence-corrected chi connectivity index (χ3v) is 5.59. The van der Waals surface area contributed by atoms with Gasteiger partial charge in [0.1, 0.15) is 0 Å². The molecule has 0 aliphatic carbocycles. The summed E-state index contributed by atoms with van der Waals surface area (Å²) in [7, 11) is -1.95. The molecule has 0 spiro atoms. The van der Waals surface area contributed by atoms with Gasteiger partial charge in [0, 0.05) is 26.3 Å². The van der Waals surface area contributed by atoms with E-state index in [1.807, 2.05) is 0 Å². The van der Waals surface area contributed by atoms with E-state index in [0.29, 0.717) is 31.7 Å². The summed E-state index contributed by atoms with van der Waals surface area (Å²) in [5.74, 6) is 0. The fourth-order valence-electron chi connectivity index (χ4n) is 2.08. The molecule has 19 heavy (non-hydrogen) atoms. The van der Waals surface area contributed by atoms with Gasteiger partial charge in [0.05, 0.1) is 15.6 Å². The molecule has 0 amide bonds. The summed E-state index contributed by atoms with van der Waals surface area (Å²) in [6.07, 6.45) is 1.41. The molecule has 2 N–H and O–H groups in total. The van der Waals surface area contributed by atoms with Crippen molar-refractivity contribution in [2.45, 2.75) is 23.8 Å². The zero-order valence-corrected chi connectivity index (χ0v) is 12.2. The quantitative estimate of drug-likeness (QED) is 0.863. The fraction of sp³-hybridized carbons (Fsp3) is 0.500. The molecule has 2 rings (SSSR count). The number of hydrogen-bond donors (Lipinski definition) is 1. The van der Waals surface area contributed by atoms with Crippen molar-refractivity contribution in [1.29, 1.82) is 0 Å². The van der Waals surface area contributed by atoms with Crippen molar-refractivity contribution >= 4 is 27.3 Å². The van der Waals surface area contributed by atoms with Crippen LogP contribution in [0.3, 0.4) is 0 Å². The van der Waals surface area contributed by atoms with Crippen molar-refractivity contribution in [1.82, 2.24) is 4.31 Å². The molecular formula is C12H17ClN2O3S. The maximum Gasteiger partial charge on any atom is 0.243 e. The second kappa shape index (κ2) is 5.66. The molecule has 1 fully saturated rings. The van der Waals surface area contributed by atoms with E-state index in [2.05, 4.69) is 0 Å². The van der Waals surface area contributed by atoms with Crippen LogP contribution in [0.1, 0.15) is 12.8 Å². The molecule has 1 aliphatic rings. The summed E-state index contributed by atoms with van der Waals surface area (Å²) in [6.45, 7) is 1.18. The van der Waals surface area contributed by atoms with Gasteiger partial charge in [0.25, 0.3) is 0 Å². The minimum absolute atomic E-state index is 0.0323. The number of halogens is 1. The van der Waals surface area contributed by atoms with Crippen LogP contribution in [-0.4, -0.2) is 39.0 Å². The molecule has 0 atom stereocenters. The van der Waals surface area contributed by atoms with Crippen LogP contribution in [0.2, 0.25) is 5.02 Å². The third kappa shape index (κ3) is 3.02. The topological polar surface area (TPSA) is 72.6 Å². The summed E-state index contributed by atoms with van der Waals surface area (Å²) in [5, 5.41) is 0.251. The van der Waals surface area contributed by atoms with Crippen LogP contribution in [0, 0.1) is 0 Å². The van der Waals surface area contributed by atoms with E-state index < -0.39 is 10.0 Å². The van der Waals surface area contributed by atoms with Gasteiger partial charge in [-0.15, -0.1) is 0 Å². The van der Waals surface area contributed by atoms with E-state index in [9.17, 15) is 8.42 Å². The normalized spacial score (nSPS) is 17.8. The largest absolute Gasteiger partial charge is 0.398 e. The molecule has 0 radical (unpaired) electrons. The van der Waals surface area contributed by atoms with Gasteiger partial charge < -0.3 is 10.5 Å². The molecule has 0 aromatic heterocycles. The van der Waals surface area contributed by atoms with Gasteiger partial charge in [-0.3, -0.25) is 0 Å². The maximum atomic E-state index is 12.5. The summed E-state index contributed by atoms with van der Waals surface area (Å²) in [4.78, 5) is 0.167. The average Bonchev–Trinajstić information content (AvgIpc) is 2.41. The molecular weight excluding hydrogens is 288 g/mol. The lowest BCUT2D eigenvalue weighted by molar-refractivity contribution is 0.0632. The van der Waals surface area contributed by atoms with Gasteiger partial charge >= 0.3 is 0 Å². The number of nitrogens with two attached hydrogens (primary N) is 1. The van der Waals surface area contributed by atoms with E-state index in [-0.39, 0.29) is 16.0 Å². The van der Waals surface area contributed by atoms with E-state index in [0.717, 1.165) is 0 Å². The lowest BCUT2D eigenvalue weighted by Crippen LogP contribution is -2.40. The molecule has 1 aliphatic heterocycles. The summed E-state index contributed by atoms with van der Waals surface area (Å²) in [5.41, 5.74) is 5.96. The molecule has 1 aromatic carbocycles. The Bertz CT molecular complexity index is 556. The number of anilines is 1. The predicted molar refractivity (Wildman–Crippen MR) is 74.7 cm³/mol. The van der Waals surface area contributed by atoms with E-state index in [1.54, 1.807) is 7.05 Å². The monoisotopic (exact) mass is 304 g/mol. The highest BCUT2D eigenvalue weighted by atomic mass is 35.5. The van der Waals surface area contributed by atoms with Crippen LogP contribution in [0.4, 0.5) is 5.69 Å². The van der Waals surface area contributed by atoms with E-state index in [4.69, 9.17) is 22.1 Å². The van der Waals surface area contributed by atoms with Crippen molar-refractivity contribution in [2.75, 3.05) is 26.0 Å². The Morgan fingerprint density at radius 3 is 2.58 bits per heavy atom. The number of sulfonamides is 1. The Kier molecular flexibility index (Phi) is 4.35. The minimum Gasteiger partial charge on any atom is -0.398 e. The lowest BCUT2D eigenvalue weighted by atomic mass is 10.1. The third-order valence-electron chi connectivity index (χ3n) is 3.35. The van der Waals surface area contributed by atoms with Gasteiger partial charge in [-0.05, 0) is 31.0 Å². The highest BCUT2D eigenvalue weighted by Gasteiger charge is 2.29. The summed E-state index contributed by atoms with van der Waals surface area (Å²) in [6, 6.07) is 4.34. The van der Waals surface area contributed by atoms with Crippen molar-refractivity contribution in [3.63, 3.8) is 0 Å². The van der Waals surface area contributed by atoms with Crippen LogP contribution < -0.4 is 5.73 Å².